The van der Waals surface area contributed by atoms with Gasteiger partial charge in [0.25, 0.3) is 10.1 Å². The number of rotatable bonds is 5. The predicted octanol–water partition coefficient (Wildman–Crippen LogP) is 4.76. The van der Waals surface area contributed by atoms with Crippen molar-refractivity contribution in [3.63, 3.8) is 0 Å². The van der Waals surface area contributed by atoms with Gasteiger partial charge in [-0.05, 0) is 35.4 Å². The van der Waals surface area contributed by atoms with Crippen LogP contribution in [-0.2, 0) is 21.6 Å². The molecule has 3 rings (SSSR count). The standard InChI is InChI=1S/C14H14OS.C6H6O3S/c15-14-8-6-13(7-9-14)11-16-10-12-4-2-1-3-5-12;7-10(8,9)6-4-2-1-3-5-6/h1-9,15H,10-11H2;1-5H,(H,7,8,9). The highest BCUT2D eigenvalue weighted by atomic mass is 32.2. The molecule has 0 saturated carbocycles. The Balaban J connectivity index is 0.000000209. The van der Waals surface area contributed by atoms with Crippen LogP contribution in [0, 0.1) is 0 Å². The molecule has 136 valence electrons. The van der Waals surface area contributed by atoms with Crippen molar-refractivity contribution in [2.45, 2.75) is 16.4 Å². The monoisotopic (exact) mass is 388 g/mol. The first-order valence-corrected chi connectivity index (χ1v) is 10.5. The van der Waals surface area contributed by atoms with E-state index < -0.39 is 10.1 Å². The molecule has 0 spiro atoms. The lowest BCUT2D eigenvalue weighted by Crippen LogP contribution is -1.96. The smallest absolute Gasteiger partial charge is 0.294 e. The molecule has 26 heavy (non-hydrogen) atoms. The molecule has 3 aromatic carbocycles. The largest absolute Gasteiger partial charge is 0.508 e. The molecule has 0 aromatic heterocycles. The van der Waals surface area contributed by atoms with Crippen LogP contribution in [0.3, 0.4) is 0 Å². The molecule has 0 atom stereocenters. The molecule has 0 heterocycles. The van der Waals surface area contributed by atoms with E-state index in [0.717, 1.165) is 11.5 Å². The molecule has 0 saturated heterocycles. The van der Waals surface area contributed by atoms with Crippen molar-refractivity contribution in [2.24, 2.45) is 0 Å². The number of phenolic OH excluding ortho intramolecular Hbond substituents is 1. The van der Waals surface area contributed by atoms with E-state index in [1.807, 2.05) is 30.0 Å². The molecule has 0 unspecified atom stereocenters. The number of hydrogen-bond acceptors (Lipinski definition) is 4. The van der Waals surface area contributed by atoms with Crippen molar-refractivity contribution in [3.8, 4) is 5.75 Å². The molecular weight excluding hydrogens is 368 g/mol. The van der Waals surface area contributed by atoms with Gasteiger partial charge >= 0.3 is 0 Å². The molecule has 4 nitrogen and oxygen atoms in total. The number of thioether (sulfide) groups is 1. The van der Waals surface area contributed by atoms with E-state index in [-0.39, 0.29) is 4.90 Å². The molecule has 0 bridgehead atoms. The Hall–Kier alpha value is -2.28. The normalized spacial score (nSPS) is 10.7. The summed E-state index contributed by atoms with van der Waals surface area (Å²) in [6, 6.07) is 25.3. The maximum atomic E-state index is 10.4. The van der Waals surface area contributed by atoms with E-state index in [1.165, 1.54) is 23.3 Å². The Morgan fingerprint density at radius 1 is 0.692 bits per heavy atom. The van der Waals surface area contributed by atoms with Gasteiger partial charge in [0.15, 0.2) is 0 Å². The summed E-state index contributed by atoms with van der Waals surface area (Å²) >= 11 is 1.88. The fourth-order valence-electron chi connectivity index (χ4n) is 2.05. The number of phenols is 1. The fourth-order valence-corrected chi connectivity index (χ4v) is 3.51. The first kappa shape index (κ1) is 20.0. The summed E-state index contributed by atoms with van der Waals surface area (Å²) in [5.74, 6) is 2.34. The van der Waals surface area contributed by atoms with Gasteiger partial charge in [0.2, 0.25) is 0 Å². The highest BCUT2D eigenvalue weighted by Gasteiger charge is 2.05. The summed E-state index contributed by atoms with van der Waals surface area (Å²) in [5.41, 5.74) is 2.60. The zero-order valence-corrected chi connectivity index (χ0v) is 15.7. The van der Waals surface area contributed by atoms with Gasteiger partial charge in [0, 0.05) is 11.5 Å². The van der Waals surface area contributed by atoms with E-state index in [0.29, 0.717) is 5.75 Å². The Morgan fingerprint density at radius 2 is 1.15 bits per heavy atom. The lowest BCUT2D eigenvalue weighted by atomic mass is 10.2. The zero-order valence-electron chi connectivity index (χ0n) is 14.0. The van der Waals surface area contributed by atoms with Crippen molar-refractivity contribution < 1.29 is 18.1 Å². The van der Waals surface area contributed by atoms with Crippen molar-refractivity contribution >= 4 is 21.9 Å². The predicted molar refractivity (Wildman–Crippen MR) is 106 cm³/mol. The van der Waals surface area contributed by atoms with E-state index in [4.69, 9.17) is 9.66 Å². The van der Waals surface area contributed by atoms with Gasteiger partial charge in [-0.2, -0.15) is 20.2 Å². The van der Waals surface area contributed by atoms with Gasteiger partial charge in [0.05, 0.1) is 4.90 Å². The van der Waals surface area contributed by atoms with Gasteiger partial charge in [-0.3, -0.25) is 4.55 Å². The van der Waals surface area contributed by atoms with Crippen molar-refractivity contribution in [1.82, 2.24) is 0 Å². The molecule has 6 heteroatoms. The summed E-state index contributed by atoms with van der Waals surface area (Å²) in [4.78, 5) is -0.0741. The van der Waals surface area contributed by atoms with Crippen LogP contribution in [0.4, 0.5) is 0 Å². The molecule has 0 radical (unpaired) electrons. The quantitative estimate of drug-likeness (QED) is 0.617. The summed E-state index contributed by atoms with van der Waals surface area (Å²) in [6.45, 7) is 0. The van der Waals surface area contributed by atoms with E-state index in [2.05, 4.69) is 24.3 Å². The first-order chi connectivity index (χ1) is 12.4. The van der Waals surface area contributed by atoms with Gasteiger partial charge in [-0.25, -0.2) is 0 Å². The maximum Gasteiger partial charge on any atom is 0.294 e. The molecule has 3 aromatic rings. The molecule has 0 fully saturated rings. The lowest BCUT2D eigenvalue weighted by molar-refractivity contribution is 0.475. The summed E-state index contributed by atoms with van der Waals surface area (Å²) in [5, 5.41) is 9.15. The van der Waals surface area contributed by atoms with Crippen LogP contribution >= 0.6 is 11.8 Å². The molecular formula is C20H20O4S2. The molecule has 2 N–H and O–H groups in total. The molecule has 0 aliphatic heterocycles. The zero-order chi connectivity index (χ0) is 18.8. The SMILES string of the molecule is O=S(=O)(O)c1ccccc1.Oc1ccc(CSCc2ccccc2)cc1. The van der Waals surface area contributed by atoms with E-state index in [1.54, 1.807) is 30.3 Å². The minimum Gasteiger partial charge on any atom is -0.508 e. The Labute approximate surface area is 158 Å². The molecule has 0 aliphatic carbocycles. The molecule has 0 aliphatic rings. The van der Waals surface area contributed by atoms with Crippen LogP contribution in [0.25, 0.3) is 0 Å². The summed E-state index contributed by atoms with van der Waals surface area (Å²) in [6.07, 6.45) is 0. The second kappa shape index (κ2) is 10.0. The third-order valence-electron chi connectivity index (χ3n) is 3.36. The third-order valence-corrected chi connectivity index (χ3v) is 5.30. The number of aromatic hydroxyl groups is 1. The summed E-state index contributed by atoms with van der Waals surface area (Å²) in [7, 11) is -4.00. The van der Waals surface area contributed by atoms with Gasteiger partial charge < -0.3 is 5.11 Å². The second-order valence-electron chi connectivity index (χ2n) is 5.43. The van der Waals surface area contributed by atoms with Crippen molar-refractivity contribution in [3.05, 3.63) is 96.1 Å². The van der Waals surface area contributed by atoms with Crippen LogP contribution in [0.1, 0.15) is 11.1 Å². The van der Waals surface area contributed by atoms with Crippen LogP contribution in [0.5, 0.6) is 5.75 Å². The highest BCUT2D eigenvalue weighted by molar-refractivity contribution is 7.97. The first-order valence-electron chi connectivity index (χ1n) is 7.87. The van der Waals surface area contributed by atoms with E-state index in [9.17, 15) is 8.42 Å². The molecule has 0 amide bonds. The van der Waals surface area contributed by atoms with Crippen molar-refractivity contribution in [1.29, 1.82) is 0 Å². The van der Waals surface area contributed by atoms with Crippen LogP contribution in [-0.4, -0.2) is 18.1 Å². The van der Waals surface area contributed by atoms with Crippen LogP contribution in [0.2, 0.25) is 0 Å². The van der Waals surface area contributed by atoms with Gasteiger partial charge in [-0.15, -0.1) is 0 Å². The third kappa shape index (κ3) is 7.31. The topological polar surface area (TPSA) is 74.6 Å². The minimum atomic E-state index is -4.00. The minimum absolute atomic E-state index is 0.0741. The van der Waals surface area contributed by atoms with E-state index >= 15 is 0 Å². The van der Waals surface area contributed by atoms with Gasteiger partial charge in [0.1, 0.15) is 5.75 Å². The number of hydrogen-bond donors (Lipinski definition) is 2. The highest BCUT2D eigenvalue weighted by Crippen LogP contribution is 2.19. The number of benzene rings is 3. The maximum absolute atomic E-state index is 10.4. The van der Waals surface area contributed by atoms with Crippen LogP contribution < -0.4 is 0 Å². The Bertz CT molecular complexity index is 878. The average molecular weight is 389 g/mol. The fraction of sp³-hybridized carbons (Fsp3) is 0.100. The summed E-state index contributed by atoms with van der Waals surface area (Å²) < 4.78 is 29.2. The average Bonchev–Trinajstić information content (AvgIpc) is 2.65. The lowest BCUT2D eigenvalue weighted by Gasteiger charge is -2.02. The van der Waals surface area contributed by atoms with Crippen molar-refractivity contribution in [2.75, 3.05) is 0 Å². The Kier molecular flexibility index (Phi) is 7.72. The Morgan fingerprint density at radius 3 is 1.62 bits per heavy atom. The second-order valence-corrected chi connectivity index (χ2v) is 7.84. The van der Waals surface area contributed by atoms with Gasteiger partial charge in [-0.1, -0.05) is 60.7 Å². The van der Waals surface area contributed by atoms with Crippen LogP contribution in [0.15, 0.2) is 89.8 Å².